The van der Waals surface area contributed by atoms with E-state index in [1.165, 1.54) is 5.56 Å². The Hall–Kier alpha value is -3.41. The molecule has 4 rings (SSSR count). The van der Waals surface area contributed by atoms with Crippen molar-refractivity contribution in [3.63, 3.8) is 0 Å². The summed E-state index contributed by atoms with van der Waals surface area (Å²) in [6.07, 6.45) is 4.08. The highest BCUT2D eigenvalue weighted by atomic mass is 16.5. The lowest BCUT2D eigenvalue weighted by atomic mass is 9.95. The van der Waals surface area contributed by atoms with Crippen LogP contribution in [0.3, 0.4) is 0 Å². The zero-order chi connectivity index (χ0) is 27.6. The molecule has 1 atom stereocenters. The highest BCUT2D eigenvalue weighted by Crippen LogP contribution is 2.23. The van der Waals surface area contributed by atoms with Crippen molar-refractivity contribution in [3.8, 4) is 6.07 Å². The average Bonchev–Trinajstić information content (AvgIpc) is 2.97. The van der Waals surface area contributed by atoms with Gasteiger partial charge in [0.2, 0.25) is 0 Å². The van der Waals surface area contributed by atoms with Gasteiger partial charge in [-0.2, -0.15) is 5.26 Å². The normalized spacial score (nSPS) is 17.1. The summed E-state index contributed by atoms with van der Waals surface area (Å²) in [5, 5.41) is 12.0. The summed E-state index contributed by atoms with van der Waals surface area (Å²) in [6, 6.07) is 17.3. The smallest absolute Gasteiger partial charge is 0.320 e. The van der Waals surface area contributed by atoms with E-state index in [-0.39, 0.29) is 11.9 Å². The molecule has 208 valence electrons. The van der Waals surface area contributed by atoms with Gasteiger partial charge in [0.05, 0.1) is 24.8 Å². The molecule has 0 aromatic heterocycles. The van der Waals surface area contributed by atoms with E-state index in [1.54, 1.807) is 24.3 Å². The number of urea groups is 1. The summed E-state index contributed by atoms with van der Waals surface area (Å²) < 4.78 is 5.39. The predicted octanol–water partition coefficient (Wildman–Crippen LogP) is 4.62. The third kappa shape index (κ3) is 8.04. The number of carbonyl (C=O) groups is 2. The zero-order valence-electron chi connectivity index (χ0n) is 23.3. The molecule has 8 heteroatoms. The molecule has 39 heavy (non-hydrogen) atoms. The lowest BCUT2D eigenvalue weighted by molar-refractivity contribution is 0.0386. The van der Waals surface area contributed by atoms with Crippen molar-refractivity contribution in [2.24, 2.45) is 5.92 Å². The summed E-state index contributed by atoms with van der Waals surface area (Å²) in [5.41, 5.74) is 3.02. The van der Waals surface area contributed by atoms with Gasteiger partial charge in [-0.25, -0.2) is 4.79 Å². The van der Waals surface area contributed by atoms with Crippen molar-refractivity contribution in [3.05, 3.63) is 65.2 Å². The van der Waals surface area contributed by atoms with Gasteiger partial charge in [0.25, 0.3) is 5.91 Å². The molecule has 2 aromatic carbocycles. The van der Waals surface area contributed by atoms with Gasteiger partial charge in [0.15, 0.2) is 0 Å². The van der Waals surface area contributed by atoms with Crippen LogP contribution in [0.5, 0.6) is 0 Å². The summed E-state index contributed by atoms with van der Waals surface area (Å²) in [6.45, 7) is 10.9. The van der Waals surface area contributed by atoms with Gasteiger partial charge >= 0.3 is 6.03 Å². The summed E-state index contributed by atoms with van der Waals surface area (Å²) in [5.74, 6) is 0.404. The van der Waals surface area contributed by atoms with Crippen LogP contribution in [0.2, 0.25) is 0 Å². The molecule has 2 aromatic rings. The maximum absolute atomic E-state index is 12.8. The van der Waals surface area contributed by atoms with Crippen LogP contribution in [0.4, 0.5) is 10.5 Å². The van der Waals surface area contributed by atoms with Gasteiger partial charge in [-0.3, -0.25) is 4.79 Å². The molecule has 0 bridgehead atoms. The standard InChI is InChI=1S/C31H41N5O3/c1-3-13-36(23-26-11-14-34(15-12-26)31(38)35-16-18-39-19-17-35)24(2)20-27-5-4-6-29(21-27)33-30(37)28-9-7-25(22-32)8-10-28/h4-10,21,24,26H,3,11-20,23H2,1-2H3,(H,33,37). The van der Waals surface area contributed by atoms with Crippen LogP contribution in [0.25, 0.3) is 0 Å². The molecule has 2 aliphatic rings. The number of piperidine rings is 1. The van der Waals surface area contributed by atoms with E-state index in [0.717, 1.165) is 57.5 Å². The molecule has 2 aliphatic heterocycles. The first-order valence-electron chi connectivity index (χ1n) is 14.2. The Morgan fingerprint density at radius 2 is 1.77 bits per heavy atom. The van der Waals surface area contributed by atoms with Crippen LogP contribution in [0.15, 0.2) is 48.5 Å². The summed E-state index contributed by atoms with van der Waals surface area (Å²) in [7, 11) is 0. The van der Waals surface area contributed by atoms with Crippen LogP contribution in [-0.2, 0) is 11.2 Å². The minimum absolute atomic E-state index is 0.168. The Kier molecular flexibility index (Phi) is 10.3. The van der Waals surface area contributed by atoms with Crippen molar-refractivity contribution < 1.29 is 14.3 Å². The first kappa shape index (κ1) is 28.6. The number of hydrogen-bond acceptors (Lipinski definition) is 5. The molecule has 0 saturated carbocycles. The maximum Gasteiger partial charge on any atom is 0.320 e. The number of benzene rings is 2. The lowest BCUT2D eigenvalue weighted by Crippen LogP contribution is -2.51. The molecule has 0 spiro atoms. The second-order valence-electron chi connectivity index (χ2n) is 10.7. The van der Waals surface area contributed by atoms with E-state index in [2.05, 4.69) is 42.3 Å². The van der Waals surface area contributed by atoms with Gasteiger partial charge < -0.3 is 24.8 Å². The Morgan fingerprint density at radius 3 is 2.44 bits per heavy atom. The van der Waals surface area contributed by atoms with Gasteiger partial charge in [-0.15, -0.1) is 0 Å². The van der Waals surface area contributed by atoms with Gasteiger partial charge in [0.1, 0.15) is 0 Å². The van der Waals surface area contributed by atoms with Gasteiger partial charge in [-0.1, -0.05) is 19.1 Å². The van der Waals surface area contributed by atoms with Crippen LogP contribution < -0.4 is 5.32 Å². The van der Waals surface area contributed by atoms with E-state index >= 15 is 0 Å². The summed E-state index contributed by atoms with van der Waals surface area (Å²) in [4.78, 5) is 32.1. The van der Waals surface area contributed by atoms with Gasteiger partial charge in [0, 0.05) is 50.0 Å². The molecule has 2 saturated heterocycles. The topological polar surface area (TPSA) is 88.9 Å². The molecule has 8 nitrogen and oxygen atoms in total. The number of likely N-dealkylation sites (tertiary alicyclic amines) is 1. The molecule has 1 N–H and O–H groups in total. The summed E-state index contributed by atoms with van der Waals surface area (Å²) >= 11 is 0. The Balaban J connectivity index is 1.29. The van der Waals surface area contributed by atoms with Crippen LogP contribution in [0.1, 0.15) is 54.6 Å². The fourth-order valence-electron chi connectivity index (χ4n) is 5.52. The molecule has 1 unspecified atom stereocenters. The molecular formula is C31H41N5O3. The number of nitrogens with one attached hydrogen (secondary N) is 1. The number of ether oxygens (including phenoxy) is 1. The Morgan fingerprint density at radius 1 is 1.08 bits per heavy atom. The van der Waals surface area contributed by atoms with E-state index in [9.17, 15) is 9.59 Å². The first-order valence-corrected chi connectivity index (χ1v) is 14.2. The predicted molar refractivity (Wildman–Crippen MR) is 153 cm³/mol. The second-order valence-corrected chi connectivity index (χ2v) is 10.7. The minimum atomic E-state index is -0.184. The van der Waals surface area contributed by atoms with E-state index in [4.69, 9.17) is 10.00 Å². The third-order valence-corrected chi connectivity index (χ3v) is 7.79. The Bertz CT molecular complexity index is 1130. The largest absolute Gasteiger partial charge is 0.378 e. The van der Waals surface area contributed by atoms with Crippen molar-refractivity contribution >= 4 is 17.6 Å². The number of nitriles is 1. The minimum Gasteiger partial charge on any atom is -0.378 e. The third-order valence-electron chi connectivity index (χ3n) is 7.79. The highest BCUT2D eigenvalue weighted by molar-refractivity contribution is 6.04. The van der Waals surface area contributed by atoms with Crippen molar-refractivity contribution in [1.82, 2.24) is 14.7 Å². The monoisotopic (exact) mass is 531 g/mol. The number of morpholine rings is 1. The molecule has 2 heterocycles. The number of rotatable bonds is 9. The quantitative estimate of drug-likeness (QED) is 0.510. The molecule has 2 fully saturated rings. The molecule has 3 amide bonds. The van der Waals surface area contributed by atoms with Crippen molar-refractivity contribution in [2.45, 2.75) is 45.6 Å². The lowest BCUT2D eigenvalue weighted by Gasteiger charge is -2.39. The van der Waals surface area contributed by atoms with Crippen LogP contribution >= 0.6 is 0 Å². The number of hydrogen-bond donors (Lipinski definition) is 1. The van der Waals surface area contributed by atoms with E-state index < -0.39 is 0 Å². The first-order chi connectivity index (χ1) is 19.0. The molecular weight excluding hydrogens is 490 g/mol. The fourth-order valence-corrected chi connectivity index (χ4v) is 5.52. The molecule has 0 radical (unpaired) electrons. The van der Waals surface area contributed by atoms with Crippen LogP contribution in [-0.4, -0.2) is 85.2 Å². The maximum atomic E-state index is 12.8. The van der Waals surface area contributed by atoms with Crippen molar-refractivity contribution in [1.29, 1.82) is 5.26 Å². The van der Waals surface area contributed by atoms with E-state index in [0.29, 0.717) is 49.4 Å². The SMILES string of the molecule is CCCN(CC1CCN(C(=O)N2CCOCC2)CC1)C(C)Cc1cccc(NC(=O)c2ccc(C#N)cc2)c1. The number of anilines is 1. The number of carbonyl (C=O) groups excluding carboxylic acids is 2. The Labute approximate surface area is 232 Å². The number of amides is 3. The molecule has 0 aliphatic carbocycles. The highest BCUT2D eigenvalue weighted by Gasteiger charge is 2.29. The fraction of sp³-hybridized carbons (Fsp3) is 0.516. The van der Waals surface area contributed by atoms with E-state index in [1.807, 2.05) is 21.9 Å². The zero-order valence-corrected chi connectivity index (χ0v) is 23.3. The number of nitrogens with zero attached hydrogens (tertiary/aromatic N) is 4. The van der Waals surface area contributed by atoms with Gasteiger partial charge in [-0.05, 0) is 87.0 Å². The van der Waals surface area contributed by atoms with Crippen molar-refractivity contribution in [2.75, 3.05) is 57.8 Å². The van der Waals surface area contributed by atoms with Crippen LogP contribution in [0, 0.1) is 17.2 Å². The average molecular weight is 532 g/mol. The second kappa shape index (κ2) is 14.1.